The highest BCUT2D eigenvalue weighted by atomic mass is 16.5. The van der Waals surface area contributed by atoms with Gasteiger partial charge in [-0.3, -0.25) is 15.2 Å². The van der Waals surface area contributed by atoms with E-state index in [2.05, 4.69) is 27.4 Å². The summed E-state index contributed by atoms with van der Waals surface area (Å²) < 4.78 is 5.10. The smallest absolute Gasteiger partial charge is 0.336 e. The van der Waals surface area contributed by atoms with Gasteiger partial charge in [0.05, 0.1) is 34.8 Å². The number of anilines is 1. The quantitative estimate of drug-likeness (QED) is 0.194. The summed E-state index contributed by atoms with van der Waals surface area (Å²) in [6, 6.07) is 0. The summed E-state index contributed by atoms with van der Waals surface area (Å²) in [6.07, 6.45) is 8.14. The molecule has 3 N–H and O–H groups in total. The lowest BCUT2D eigenvalue weighted by Gasteiger charge is -2.42. The molecule has 4 rings (SSSR count). The minimum Gasteiger partial charge on any atom is -0.456 e. The molecule has 3 aliphatic rings. The van der Waals surface area contributed by atoms with Crippen molar-refractivity contribution in [3.05, 3.63) is 29.4 Å². The van der Waals surface area contributed by atoms with Gasteiger partial charge in [-0.25, -0.2) is 9.78 Å². The van der Waals surface area contributed by atoms with Crippen LogP contribution in [0.3, 0.4) is 0 Å². The molecule has 3 heterocycles. The minimum atomic E-state index is -0.350. The standard InChI is InChI=1S/C21H28N8O3/c1-14-16(12-32-18(14)30)28-8-7-21(19(28)31)5-3-20(2,4-6-21)26-10-15-9-25-17(11-24-15)29(13-22)27-23/h9,11,13,22-23,26H,3-8,10,12H2,1-2H3. The van der Waals surface area contributed by atoms with E-state index in [0.717, 1.165) is 54.8 Å². The van der Waals surface area contributed by atoms with E-state index in [1.807, 2.05) is 0 Å². The number of nitrogens with one attached hydrogen (secondary N) is 3. The third-order valence-electron chi connectivity index (χ3n) is 7.08. The molecule has 0 radical (unpaired) electrons. The average Bonchev–Trinajstić information content (AvgIpc) is 3.30. The number of likely N-dealkylation sites (tertiary alicyclic amines) is 1. The molecule has 32 heavy (non-hydrogen) atoms. The second kappa shape index (κ2) is 8.38. The van der Waals surface area contributed by atoms with Gasteiger partial charge in [-0.15, -0.1) is 0 Å². The van der Waals surface area contributed by atoms with Crippen LogP contribution in [-0.2, 0) is 20.9 Å². The lowest BCUT2D eigenvalue weighted by Crippen LogP contribution is -2.49. The lowest BCUT2D eigenvalue weighted by molar-refractivity contribution is -0.138. The van der Waals surface area contributed by atoms with Crippen molar-refractivity contribution in [1.29, 1.82) is 10.9 Å². The van der Waals surface area contributed by atoms with E-state index in [-0.39, 0.29) is 29.4 Å². The molecule has 2 fully saturated rings. The lowest BCUT2D eigenvalue weighted by atomic mass is 9.67. The zero-order valence-electron chi connectivity index (χ0n) is 18.3. The Morgan fingerprint density at radius 1 is 1.25 bits per heavy atom. The zero-order valence-corrected chi connectivity index (χ0v) is 18.3. The maximum atomic E-state index is 13.3. The number of carbonyl (C=O) groups excluding carboxylic acids is 2. The molecule has 11 nitrogen and oxygen atoms in total. The van der Waals surface area contributed by atoms with Crippen molar-refractivity contribution in [2.45, 2.75) is 58.0 Å². The van der Waals surface area contributed by atoms with Crippen molar-refractivity contribution in [2.75, 3.05) is 18.2 Å². The highest BCUT2D eigenvalue weighted by Gasteiger charge is 2.52. The van der Waals surface area contributed by atoms with Gasteiger partial charge in [0.25, 0.3) is 0 Å². The monoisotopic (exact) mass is 440 g/mol. The zero-order chi connectivity index (χ0) is 22.9. The number of hydrogen-bond donors (Lipinski definition) is 3. The maximum absolute atomic E-state index is 13.3. The van der Waals surface area contributed by atoms with E-state index in [0.29, 0.717) is 24.5 Å². The van der Waals surface area contributed by atoms with Crippen LogP contribution in [0.1, 0.15) is 51.6 Å². The molecule has 0 unspecified atom stereocenters. The number of amides is 1. The normalized spacial score (nSPS) is 27.8. The van der Waals surface area contributed by atoms with Gasteiger partial charge in [-0.1, -0.05) is 5.22 Å². The van der Waals surface area contributed by atoms with Crippen LogP contribution in [-0.4, -0.2) is 51.8 Å². The van der Waals surface area contributed by atoms with Crippen LogP contribution in [0.2, 0.25) is 0 Å². The van der Waals surface area contributed by atoms with Crippen molar-refractivity contribution in [2.24, 2.45) is 10.6 Å². The Morgan fingerprint density at radius 3 is 2.56 bits per heavy atom. The molecule has 0 aromatic carbocycles. The molecule has 2 aliphatic heterocycles. The summed E-state index contributed by atoms with van der Waals surface area (Å²) >= 11 is 0. The molecule has 1 aromatic rings. The number of nitrogens with zero attached hydrogens (tertiary/aromatic N) is 5. The summed E-state index contributed by atoms with van der Waals surface area (Å²) in [5.74, 6) is 0.114. The molecular weight excluding hydrogens is 412 g/mol. The Bertz CT molecular complexity index is 958. The van der Waals surface area contributed by atoms with Gasteiger partial charge < -0.3 is 15.0 Å². The van der Waals surface area contributed by atoms with Gasteiger partial charge in [-0.2, -0.15) is 10.5 Å². The van der Waals surface area contributed by atoms with Crippen LogP contribution in [0.25, 0.3) is 0 Å². The second-order valence-corrected chi connectivity index (χ2v) is 8.99. The highest BCUT2D eigenvalue weighted by Crippen LogP contribution is 2.48. The molecule has 170 valence electrons. The van der Waals surface area contributed by atoms with E-state index in [1.54, 1.807) is 18.0 Å². The molecule has 1 spiro atoms. The highest BCUT2D eigenvalue weighted by molar-refractivity contribution is 5.94. The van der Waals surface area contributed by atoms with E-state index in [4.69, 9.17) is 15.7 Å². The van der Waals surface area contributed by atoms with Crippen molar-refractivity contribution < 1.29 is 14.3 Å². The molecule has 1 amide bonds. The van der Waals surface area contributed by atoms with E-state index in [9.17, 15) is 9.59 Å². The van der Waals surface area contributed by atoms with Crippen LogP contribution in [0, 0.1) is 16.4 Å². The Kier molecular flexibility index (Phi) is 5.76. The molecule has 11 heteroatoms. The van der Waals surface area contributed by atoms with Gasteiger partial charge >= 0.3 is 5.97 Å². The number of cyclic esters (lactones) is 1. The number of esters is 1. The Labute approximate surface area is 186 Å². The van der Waals surface area contributed by atoms with E-state index >= 15 is 0 Å². The first-order chi connectivity index (χ1) is 15.3. The Morgan fingerprint density at radius 2 is 2.00 bits per heavy atom. The predicted octanol–water partition coefficient (Wildman–Crippen LogP) is 2.31. The predicted molar refractivity (Wildman–Crippen MR) is 115 cm³/mol. The minimum absolute atomic E-state index is 0.113. The van der Waals surface area contributed by atoms with Crippen molar-refractivity contribution >= 4 is 24.0 Å². The van der Waals surface area contributed by atoms with Crippen LogP contribution >= 0.6 is 0 Å². The molecule has 1 saturated carbocycles. The second-order valence-electron chi connectivity index (χ2n) is 8.99. The summed E-state index contributed by atoms with van der Waals surface area (Å²) in [5.41, 5.74) is 8.59. The first kappa shape index (κ1) is 22.0. The topological polar surface area (TPSA) is 148 Å². The third-order valence-corrected chi connectivity index (χ3v) is 7.08. The maximum Gasteiger partial charge on any atom is 0.336 e. The SMILES string of the molecule is CC1=C(N2CCC3(CCC(C)(NCc4cnc(N(C=N)N=N)cn4)CC3)C2=O)COC1=O. The number of hydrogen-bond acceptors (Lipinski definition) is 9. The molecular formula is C21H28N8O3. The summed E-state index contributed by atoms with van der Waals surface area (Å²) in [7, 11) is 0. The van der Waals surface area contributed by atoms with Gasteiger partial charge in [0, 0.05) is 18.6 Å². The van der Waals surface area contributed by atoms with Crippen LogP contribution in [0.4, 0.5) is 5.82 Å². The average molecular weight is 441 g/mol. The molecule has 0 bridgehead atoms. The Hall–Kier alpha value is -3.21. The van der Waals surface area contributed by atoms with Crippen LogP contribution in [0.5, 0.6) is 0 Å². The summed E-state index contributed by atoms with van der Waals surface area (Å²) in [4.78, 5) is 35.3. The fourth-order valence-corrected chi connectivity index (χ4v) is 4.76. The largest absolute Gasteiger partial charge is 0.456 e. The molecule has 1 saturated heterocycles. The van der Waals surface area contributed by atoms with Crippen molar-refractivity contribution in [3.63, 3.8) is 0 Å². The summed E-state index contributed by atoms with van der Waals surface area (Å²) in [6.45, 7) is 5.27. The first-order valence-electron chi connectivity index (χ1n) is 10.7. The van der Waals surface area contributed by atoms with Crippen molar-refractivity contribution in [1.82, 2.24) is 20.2 Å². The number of aromatic nitrogens is 2. The fourth-order valence-electron chi connectivity index (χ4n) is 4.76. The molecule has 1 aromatic heterocycles. The third kappa shape index (κ3) is 3.88. The molecule has 0 atom stereocenters. The van der Waals surface area contributed by atoms with Gasteiger partial charge in [0.15, 0.2) is 5.82 Å². The fraction of sp³-hybridized carbons (Fsp3) is 0.571. The number of rotatable bonds is 7. The van der Waals surface area contributed by atoms with E-state index < -0.39 is 0 Å². The number of ether oxygens (including phenoxy) is 1. The van der Waals surface area contributed by atoms with Crippen LogP contribution < -0.4 is 10.3 Å². The first-order valence-corrected chi connectivity index (χ1v) is 10.7. The van der Waals surface area contributed by atoms with Gasteiger partial charge in [0.2, 0.25) is 5.91 Å². The van der Waals surface area contributed by atoms with Crippen molar-refractivity contribution in [3.8, 4) is 0 Å². The Balaban J connectivity index is 1.35. The van der Waals surface area contributed by atoms with Crippen LogP contribution in [0.15, 0.2) is 28.9 Å². The number of carbonyl (C=O) groups is 2. The summed E-state index contributed by atoms with van der Waals surface area (Å²) in [5, 5.41) is 15.0. The van der Waals surface area contributed by atoms with Gasteiger partial charge in [0.1, 0.15) is 12.9 Å². The van der Waals surface area contributed by atoms with Gasteiger partial charge in [-0.05, 0) is 46.0 Å². The molecule has 1 aliphatic carbocycles. The van der Waals surface area contributed by atoms with E-state index in [1.165, 1.54) is 6.20 Å².